The van der Waals surface area contributed by atoms with Crippen molar-refractivity contribution in [3.8, 4) is 44.8 Å². The molecule has 0 unspecified atom stereocenters. The van der Waals surface area contributed by atoms with Crippen LogP contribution in [0.15, 0.2) is 127 Å². The number of hydrogen-bond acceptors (Lipinski definition) is 2. The monoisotopic (exact) mass is 448 g/mol. The third-order valence-electron chi connectivity index (χ3n) is 6.36. The molecule has 2 nitrogen and oxygen atoms in total. The van der Waals surface area contributed by atoms with Gasteiger partial charge in [0.25, 0.3) is 0 Å². The van der Waals surface area contributed by atoms with E-state index in [-0.39, 0.29) is 0 Å². The highest BCUT2D eigenvalue weighted by molar-refractivity contribution is 5.91. The maximum Gasteiger partial charge on any atom is 0.0973 e. The van der Waals surface area contributed by atoms with E-state index in [1.165, 1.54) is 22.3 Å². The highest BCUT2D eigenvalue weighted by Crippen LogP contribution is 2.35. The molecular formula is C33H24N2. The van der Waals surface area contributed by atoms with E-state index in [0.29, 0.717) is 0 Å². The largest absolute Gasteiger partial charge is 0.244 e. The van der Waals surface area contributed by atoms with Crippen LogP contribution < -0.4 is 0 Å². The van der Waals surface area contributed by atoms with Crippen LogP contribution >= 0.6 is 0 Å². The first-order valence-corrected chi connectivity index (χ1v) is 11.9. The molecular weight excluding hydrogens is 424 g/mol. The zero-order valence-electron chi connectivity index (χ0n) is 19.5. The molecule has 0 aliphatic heterocycles. The fraction of sp³-hybridized carbons (Fsp3) is 0.0303. The van der Waals surface area contributed by atoms with Gasteiger partial charge >= 0.3 is 0 Å². The highest BCUT2D eigenvalue weighted by Gasteiger charge is 2.15. The van der Waals surface area contributed by atoms with Crippen LogP contribution in [0, 0.1) is 6.92 Å². The molecule has 0 N–H and O–H groups in total. The van der Waals surface area contributed by atoms with Crippen molar-refractivity contribution < 1.29 is 0 Å². The zero-order valence-corrected chi connectivity index (χ0v) is 19.5. The minimum Gasteiger partial charge on any atom is -0.244 e. The standard InChI is InChI=1S/C33H24N2/c1-23-16-18-26(19-17-23)33-32(25-12-6-3-7-13-25)35-31-22-27(20-21-30(31)34-33)29-15-9-8-14-28(29)24-10-4-2-5-11-24/h2-22H,1H3. The maximum atomic E-state index is 5.17. The summed E-state index contributed by atoms with van der Waals surface area (Å²) < 4.78 is 0. The third-order valence-corrected chi connectivity index (χ3v) is 6.36. The number of fused-ring (bicyclic) bond motifs is 1. The first-order valence-electron chi connectivity index (χ1n) is 11.9. The Bertz CT molecular complexity index is 1620. The maximum absolute atomic E-state index is 5.17. The smallest absolute Gasteiger partial charge is 0.0973 e. The van der Waals surface area contributed by atoms with Gasteiger partial charge in [0.1, 0.15) is 0 Å². The van der Waals surface area contributed by atoms with Crippen LogP contribution in [0.25, 0.3) is 55.8 Å². The van der Waals surface area contributed by atoms with Crippen molar-refractivity contribution in [2.45, 2.75) is 6.92 Å². The van der Waals surface area contributed by atoms with E-state index in [0.717, 1.165) is 39.1 Å². The second-order valence-electron chi connectivity index (χ2n) is 8.77. The lowest BCUT2D eigenvalue weighted by Crippen LogP contribution is -1.96. The molecule has 0 spiro atoms. The molecule has 5 aromatic carbocycles. The van der Waals surface area contributed by atoms with Crippen molar-refractivity contribution in [2.24, 2.45) is 0 Å². The van der Waals surface area contributed by atoms with E-state index in [1.807, 2.05) is 18.2 Å². The summed E-state index contributed by atoms with van der Waals surface area (Å²) in [5.41, 5.74) is 11.7. The van der Waals surface area contributed by atoms with E-state index in [2.05, 4.69) is 116 Å². The molecule has 0 aliphatic rings. The second kappa shape index (κ2) is 9.00. The van der Waals surface area contributed by atoms with E-state index in [1.54, 1.807) is 0 Å². The molecule has 0 saturated carbocycles. The van der Waals surface area contributed by atoms with Gasteiger partial charge in [0.2, 0.25) is 0 Å². The summed E-state index contributed by atoms with van der Waals surface area (Å²) in [5.74, 6) is 0. The van der Waals surface area contributed by atoms with Crippen molar-refractivity contribution >= 4 is 11.0 Å². The lowest BCUT2D eigenvalue weighted by molar-refractivity contribution is 1.29. The second-order valence-corrected chi connectivity index (χ2v) is 8.77. The summed E-state index contributed by atoms with van der Waals surface area (Å²) in [5, 5.41) is 0. The summed E-state index contributed by atoms with van der Waals surface area (Å²) in [6.07, 6.45) is 0. The molecule has 0 radical (unpaired) electrons. The normalized spacial score (nSPS) is 11.0. The summed E-state index contributed by atoms with van der Waals surface area (Å²) in [4.78, 5) is 10.3. The molecule has 1 heterocycles. The molecule has 0 saturated heterocycles. The zero-order chi connectivity index (χ0) is 23.6. The predicted octanol–water partition coefficient (Wildman–Crippen LogP) is 8.61. The summed E-state index contributed by atoms with van der Waals surface area (Å²) in [7, 11) is 0. The van der Waals surface area contributed by atoms with Crippen molar-refractivity contribution in [1.29, 1.82) is 0 Å². The van der Waals surface area contributed by atoms with E-state index >= 15 is 0 Å². The average molecular weight is 449 g/mol. The Labute approximate surface area is 205 Å². The van der Waals surface area contributed by atoms with Gasteiger partial charge in [-0.25, -0.2) is 9.97 Å². The van der Waals surface area contributed by atoms with Gasteiger partial charge in [-0.15, -0.1) is 0 Å². The van der Waals surface area contributed by atoms with Crippen molar-refractivity contribution in [1.82, 2.24) is 9.97 Å². The SMILES string of the molecule is Cc1ccc(-c2nc3ccc(-c4ccccc4-c4ccccc4)cc3nc2-c2ccccc2)cc1. The topological polar surface area (TPSA) is 25.8 Å². The van der Waals surface area contributed by atoms with Gasteiger partial charge in [-0.3, -0.25) is 0 Å². The van der Waals surface area contributed by atoms with Crippen LogP contribution in [0.4, 0.5) is 0 Å². The summed E-state index contributed by atoms with van der Waals surface area (Å²) in [6, 6.07) is 44.3. The van der Waals surface area contributed by atoms with Crippen molar-refractivity contribution in [3.05, 3.63) is 133 Å². The van der Waals surface area contributed by atoms with E-state index < -0.39 is 0 Å². The minimum absolute atomic E-state index is 0.889. The van der Waals surface area contributed by atoms with Crippen LogP contribution in [0.5, 0.6) is 0 Å². The highest BCUT2D eigenvalue weighted by atomic mass is 14.8. The van der Waals surface area contributed by atoms with Gasteiger partial charge < -0.3 is 0 Å². The lowest BCUT2D eigenvalue weighted by Gasteiger charge is -2.13. The molecule has 0 bridgehead atoms. The Morgan fingerprint density at radius 2 is 0.886 bits per heavy atom. The minimum atomic E-state index is 0.889. The lowest BCUT2D eigenvalue weighted by atomic mass is 9.94. The molecule has 0 aliphatic carbocycles. The fourth-order valence-corrected chi connectivity index (χ4v) is 4.54. The first-order chi connectivity index (χ1) is 17.3. The van der Waals surface area contributed by atoms with Crippen LogP contribution in [0.1, 0.15) is 5.56 Å². The number of benzene rings is 5. The van der Waals surface area contributed by atoms with Crippen molar-refractivity contribution in [2.75, 3.05) is 0 Å². The Morgan fingerprint density at radius 3 is 1.54 bits per heavy atom. The quantitative estimate of drug-likeness (QED) is 0.270. The van der Waals surface area contributed by atoms with Gasteiger partial charge in [-0.1, -0.05) is 121 Å². The van der Waals surface area contributed by atoms with E-state index in [9.17, 15) is 0 Å². The molecule has 166 valence electrons. The molecule has 6 rings (SSSR count). The molecule has 6 aromatic rings. The Kier molecular flexibility index (Phi) is 5.40. The number of aromatic nitrogens is 2. The van der Waals surface area contributed by atoms with Gasteiger partial charge in [0.05, 0.1) is 22.4 Å². The Hall–Kier alpha value is -4.56. The molecule has 0 atom stereocenters. The summed E-state index contributed by atoms with van der Waals surface area (Å²) in [6.45, 7) is 2.10. The molecule has 35 heavy (non-hydrogen) atoms. The molecule has 0 amide bonds. The molecule has 0 fully saturated rings. The fourth-order valence-electron chi connectivity index (χ4n) is 4.54. The predicted molar refractivity (Wildman–Crippen MR) is 146 cm³/mol. The van der Waals surface area contributed by atoms with Crippen LogP contribution in [-0.2, 0) is 0 Å². The van der Waals surface area contributed by atoms with Crippen molar-refractivity contribution in [3.63, 3.8) is 0 Å². The van der Waals surface area contributed by atoms with E-state index in [4.69, 9.17) is 9.97 Å². The Morgan fingerprint density at radius 1 is 0.400 bits per heavy atom. The first kappa shape index (κ1) is 21.0. The number of hydrogen-bond donors (Lipinski definition) is 0. The average Bonchev–Trinajstić information content (AvgIpc) is 2.93. The number of rotatable bonds is 4. The van der Waals surface area contributed by atoms with Crippen LogP contribution in [0.2, 0.25) is 0 Å². The van der Waals surface area contributed by atoms with Gasteiger partial charge in [0.15, 0.2) is 0 Å². The number of nitrogens with zero attached hydrogens (tertiary/aromatic N) is 2. The molecule has 2 heteroatoms. The summed E-state index contributed by atoms with van der Waals surface area (Å²) >= 11 is 0. The van der Waals surface area contributed by atoms with Gasteiger partial charge in [0, 0.05) is 11.1 Å². The van der Waals surface area contributed by atoms with Crippen LogP contribution in [-0.4, -0.2) is 9.97 Å². The van der Waals surface area contributed by atoms with Crippen LogP contribution in [0.3, 0.4) is 0 Å². The third kappa shape index (κ3) is 4.11. The molecule has 1 aromatic heterocycles. The Balaban J connectivity index is 1.55. The number of aryl methyl sites for hydroxylation is 1. The van der Waals surface area contributed by atoms with Gasteiger partial charge in [-0.2, -0.15) is 0 Å². The van der Waals surface area contributed by atoms with Gasteiger partial charge in [-0.05, 0) is 41.3 Å².